The zero-order valence-corrected chi connectivity index (χ0v) is 14.0. The molecule has 8 heteroatoms. The van der Waals surface area contributed by atoms with Crippen LogP contribution in [0.4, 0.5) is 5.82 Å². The summed E-state index contributed by atoms with van der Waals surface area (Å²) < 4.78 is 9.07. The molecule has 0 atom stereocenters. The fourth-order valence-corrected chi connectivity index (χ4v) is 2.91. The van der Waals surface area contributed by atoms with E-state index in [1.165, 1.54) is 0 Å². The van der Waals surface area contributed by atoms with E-state index in [0.29, 0.717) is 17.0 Å². The highest BCUT2D eigenvalue weighted by atomic mass is 16.5. The second kappa shape index (κ2) is 5.49. The van der Waals surface area contributed by atoms with E-state index in [9.17, 15) is 0 Å². The Morgan fingerprint density at radius 1 is 1.24 bits per heavy atom. The van der Waals surface area contributed by atoms with Gasteiger partial charge in [0.05, 0.1) is 18.1 Å². The summed E-state index contributed by atoms with van der Waals surface area (Å²) in [7, 11) is 5.39. The Bertz CT molecular complexity index is 1150. The lowest BCUT2D eigenvalue weighted by atomic mass is 10.3. The van der Waals surface area contributed by atoms with Gasteiger partial charge in [-0.05, 0) is 12.1 Å². The van der Waals surface area contributed by atoms with Gasteiger partial charge < -0.3 is 14.6 Å². The quantitative estimate of drug-likeness (QED) is 0.618. The average Bonchev–Trinajstić information content (AvgIpc) is 3.17. The average molecular weight is 333 g/mol. The summed E-state index contributed by atoms with van der Waals surface area (Å²) in [5.41, 5.74) is 3.45. The van der Waals surface area contributed by atoms with Gasteiger partial charge in [0.1, 0.15) is 41.0 Å². The molecule has 8 nitrogen and oxygen atoms in total. The summed E-state index contributed by atoms with van der Waals surface area (Å²) in [6.45, 7) is 0. The van der Waals surface area contributed by atoms with E-state index < -0.39 is 0 Å². The number of methoxy groups -OCH3 is 1. The first-order valence-electron chi connectivity index (χ1n) is 7.63. The highest BCUT2D eigenvalue weighted by Gasteiger charge is 2.19. The van der Waals surface area contributed by atoms with Gasteiger partial charge in [0, 0.05) is 26.2 Å². The Morgan fingerprint density at radius 3 is 2.80 bits per heavy atom. The highest BCUT2D eigenvalue weighted by molar-refractivity contribution is 5.84. The van der Waals surface area contributed by atoms with E-state index in [1.807, 2.05) is 42.9 Å². The predicted octanol–water partition coefficient (Wildman–Crippen LogP) is 2.20. The van der Waals surface area contributed by atoms with Crippen molar-refractivity contribution in [3.8, 4) is 23.3 Å². The fraction of sp³-hybridized carbons (Fsp3) is 0.176. The number of benzene rings is 1. The molecule has 0 aliphatic heterocycles. The summed E-state index contributed by atoms with van der Waals surface area (Å²) in [5, 5.41) is 12.2. The Labute approximate surface area is 143 Å². The number of aromatic nitrogens is 5. The van der Waals surface area contributed by atoms with Gasteiger partial charge in [-0.25, -0.2) is 15.0 Å². The third-order valence-electron chi connectivity index (χ3n) is 4.17. The zero-order valence-electron chi connectivity index (χ0n) is 14.0. The maximum atomic E-state index is 9.04. The molecule has 1 aromatic carbocycles. The largest absolute Gasteiger partial charge is 0.497 e. The Hall–Kier alpha value is -3.60. The van der Waals surface area contributed by atoms with Gasteiger partial charge in [-0.1, -0.05) is 0 Å². The number of hydrogen-bond donors (Lipinski definition) is 1. The van der Waals surface area contributed by atoms with Gasteiger partial charge in [-0.2, -0.15) is 5.26 Å². The third kappa shape index (κ3) is 2.17. The van der Waals surface area contributed by atoms with E-state index in [2.05, 4.69) is 15.3 Å². The monoisotopic (exact) mass is 333 g/mol. The van der Waals surface area contributed by atoms with Crippen LogP contribution in [0.15, 0.2) is 30.6 Å². The standard InChI is InChI=1S/C17H15N7O/c1-19-16-15(22-14-6-10(8-18)20-9-24(14)16)17-21-12-5-4-11(25-3)7-13(12)23(17)2/h4-7,9,19H,1-3H3. The van der Waals surface area contributed by atoms with Crippen molar-refractivity contribution < 1.29 is 4.74 Å². The maximum Gasteiger partial charge on any atom is 0.163 e. The topological polar surface area (TPSA) is 93.1 Å². The molecule has 0 unspecified atom stereocenters. The van der Waals surface area contributed by atoms with Crippen molar-refractivity contribution in [2.75, 3.05) is 19.5 Å². The second-order valence-corrected chi connectivity index (χ2v) is 5.52. The van der Waals surface area contributed by atoms with E-state index >= 15 is 0 Å². The molecule has 124 valence electrons. The minimum absolute atomic E-state index is 0.321. The van der Waals surface area contributed by atoms with Crippen LogP contribution < -0.4 is 10.1 Å². The van der Waals surface area contributed by atoms with Crippen molar-refractivity contribution in [1.82, 2.24) is 23.9 Å². The van der Waals surface area contributed by atoms with Gasteiger partial charge >= 0.3 is 0 Å². The van der Waals surface area contributed by atoms with Crippen molar-refractivity contribution in [1.29, 1.82) is 5.26 Å². The third-order valence-corrected chi connectivity index (χ3v) is 4.17. The van der Waals surface area contributed by atoms with Gasteiger partial charge in [-0.15, -0.1) is 0 Å². The van der Waals surface area contributed by atoms with Crippen LogP contribution in [0.2, 0.25) is 0 Å². The lowest BCUT2D eigenvalue weighted by Gasteiger charge is -2.04. The number of nitriles is 1. The molecular formula is C17H15N7O. The van der Waals surface area contributed by atoms with Crippen LogP contribution >= 0.6 is 0 Å². The number of hydrogen-bond acceptors (Lipinski definition) is 6. The van der Waals surface area contributed by atoms with E-state index in [0.717, 1.165) is 28.4 Å². The van der Waals surface area contributed by atoms with Crippen LogP contribution in [-0.2, 0) is 7.05 Å². The van der Waals surface area contributed by atoms with E-state index in [1.54, 1.807) is 23.9 Å². The molecule has 0 saturated heterocycles. The molecule has 1 N–H and O–H groups in total. The molecule has 0 radical (unpaired) electrons. The van der Waals surface area contributed by atoms with E-state index in [4.69, 9.17) is 15.0 Å². The molecule has 0 saturated carbocycles. The molecule has 3 aromatic heterocycles. The van der Waals surface area contributed by atoms with Crippen molar-refractivity contribution in [3.63, 3.8) is 0 Å². The fourth-order valence-electron chi connectivity index (χ4n) is 2.91. The normalized spacial score (nSPS) is 11.0. The van der Waals surface area contributed by atoms with Crippen molar-refractivity contribution in [2.24, 2.45) is 7.05 Å². The summed E-state index contributed by atoms with van der Waals surface area (Å²) in [5.74, 6) is 2.25. The van der Waals surface area contributed by atoms with Crippen molar-refractivity contribution in [3.05, 3.63) is 36.3 Å². The molecule has 0 aliphatic carbocycles. The molecule has 3 heterocycles. The van der Waals surface area contributed by atoms with Gasteiger partial charge in [0.15, 0.2) is 5.82 Å². The minimum atomic E-state index is 0.321. The number of imidazole rings is 2. The maximum absolute atomic E-state index is 9.04. The highest BCUT2D eigenvalue weighted by Crippen LogP contribution is 2.31. The van der Waals surface area contributed by atoms with Crippen LogP contribution in [-0.4, -0.2) is 38.1 Å². The summed E-state index contributed by atoms with van der Waals surface area (Å²) in [6, 6.07) is 9.42. The van der Waals surface area contributed by atoms with Gasteiger partial charge in [0.25, 0.3) is 0 Å². The van der Waals surface area contributed by atoms with E-state index in [-0.39, 0.29) is 0 Å². The molecule has 0 aliphatic rings. The number of aryl methyl sites for hydroxylation is 1. The SMILES string of the molecule is CNc1c(-c2nc3ccc(OC)cc3n2C)nc2cc(C#N)ncn12. The van der Waals surface area contributed by atoms with Crippen LogP contribution in [0.1, 0.15) is 5.69 Å². The molecule has 4 aromatic rings. The van der Waals surface area contributed by atoms with Crippen molar-refractivity contribution in [2.45, 2.75) is 0 Å². The molecule has 0 fully saturated rings. The molecule has 4 rings (SSSR count). The van der Waals surface area contributed by atoms with Crippen LogP contribution in [0, 0.1) is 11.3 Å². The number of nitrogens with one attached hydrogen (secondary N) is 1. The molecule has 0 amide bonds. The first-order valence-corrected chi connectivity index (χ1v) is 7.63. The number of anilines is 1. The summed E-state index contributed by atoms with van der Waals surface area (Å²) in [4.78, 5) is 13.5. The van der Waals surface area contributed by atoms with Gasteiger partial charge in [0.2, 0.25) is 0 Å². The summed E-state index contributed by atoms with van der Waals surface area (Å²) in [6.07, 6.45) is 1.59. The number of ether oxygens (including phenoxy) is 1. The smallest absolute Gasteiger partial charge is 0.163 e. The van der Waals surface area contributed by atoms with Crippen LogP contribution in [0.25, 0.3) is 28.2 Å². The lowest BCUT2D eigenvalue weighted by Crippen LogP contribution is -1.99. The number of nitrogens with zero attached hydrogens (tertiary/aromatic N) is 6. The van der Waals surface area contributed by atoms with Crippen LogP contribution in [0.3, 0.4) is 0 Å². The van der Waals surface area contributed by atoms with Gasteiger partial charge in [-0.3, -0.25) is 4.40 Å². The lowest BCUT2D eigenvalue weighted by molar-refractivity contribution is 0.415. The zero-order chi connectivity index (χ0) is 17.6. The summed E-state index contributed by atoms with van der Waals surface area (Å²) >= 11 is 0. The Kier molecular flexibility index (Phi) is 3.28. The number of fused-ring (bicyclic) bond motifs is 2. The van der Waals surface area contributed by atoms with Crippen molar-refractivity contribution >= 4 is 22.5 Å². The molecule has 0 spiro atoms. The Balaban J connectivity index is 1.99. The van der Waals surface area contributed by atoms with Crippen LogP contribution in [0.5, 0.6) is 5.75 Å². The second-order valence-electron chi connectivity index (χ2n) is 5.52. The number of rotatable bonds is 3. The first kappa shape index (κ1) is 15.0. The minimum Gasteiger partial charge on any atom is -0.497 e. The molecular weight excluding hydrogens is 318 g/mol. The first-order chi connectivity index (χ1) is 12.2. The predicted molar refractivity (Wildman–Crippen MR) is 93.5 cm³/mol. The molecule has 0 bridgehead atoms. The molecule has 25 heavy (non-hydrogen) atoms. The Morgan fingerprint density at radius 2 is 2.08 bits per heavy atom.